The summed E-state index contributed by atoms with van der Waals surface area (Å²) in [6, 6.07) is 18.9. The zero-order chi connectivity index (χ0) is 15.3. The van der Waals surface area contributed by atoms with Crippen molar-refractivity contribution in [2.45, 2.75) is 6.92 Å². The quantitative estimate of drug-likeness (QED) is 0.398. The summed E-state index contributed by atoms with van der Waals surface area (Å²) in [4.78, 5) is 0. The van der Waals surface area contributed by atoms with Crippen molar-refractivity contribution in [2.24, 2.45) is 0 Å². The van der Waals surface area contributed by atoms with Gasteiger partial charge in [-0.25, -0.2) is 0 Å². The van der Waals surface area contributed by atoms with Gasteiger partial charge in [0.2, 0.25) is 0 Å². The van der Waals surface area contributed by atoms with Gasteiger partial charge in [0, 0.05) is 20.2 Å². The van der Waals surface area contributed by atoms with Crippen LogP contribution in [0.3, 0.4) is 0 Å². The predicted molar refractivity (Wildman–Crippen MR) is 89.5 cm³/mol. The number of thiophene rings is 1. The molecule has 0 unspecified atom stereocenters. The van der Waals surface area contributed by atoms with E-state index >= 15 is 0 Å². The van der Waals surface area contributed by atoms with Crippen molar-refractivity contribution in [3.05, 3.63) is 72.2 Å². The number of benzene rings is 3. The molecule has 0 nitrogen and oxygen atoms in total. The third kappa shape index (κ3) is 1.75. The molecule has 0 saturated carbocycles. The molecule has 1 heteroatoms. The van der Waals surface area contributed by atoms with Gasteiger partial charge in [0.05, 0.1) is 2.74 Å². The lowest BCUT2D eigenvalue weighted by atomic mass is 10.0. The maximum atomic E-state index is 8.69. The van der Waals surface area contributed by atoms with Gasteiger partial charge in [-0.1, -0.05) is 48.5 Å². The Morgan fingerprint density at radius 1 is 0.900 bits per heavy atom. The Hall–Kier alpha value is -2.12. The van der Waals surface area contributed by atoms with E-state index in [1.807, 2.05) is 42.5 Å². The lowest BCUT2D eigenvalue weighted by Gasteiger charge is -2.04. The molecule has 20 heavy (non-hydrogen) atoms. The van der Waals surface area contributed by atoms with Gasteiger partial charge in [0.25, 0.3) is 0 Å². The number of hydrogen-bond donors (Lipinski definition) is 0. The molecule has 0 spiro atoms. The molecule has 4 aromatic rings. The fourth-order valence-electron chi connectivity index (χ4n) is 2.60. The highest BCUT2D eigenvalue weighted by Gasteiger charge is 2.09. The normalized spacial score (nSPS) is 12.7. The van der Waals surface area contributed by atoms with Crippen LogP contribution in [0.4, 0.5) is 0 Å². The summed E-state index contributed by atoms with van der Waals surface area (Å²) in [5.41, 5.74) is 3.17. The molecule has 0 amide bonds. The Morgan fingerprint density at radius 2 is 1.70 bits per heavy atom. The fraction of sp³-hybridized carbons (Fsp3) is 0.0526. The molecule has 0 N–H and O–H groups in total. The molecule has 3 aromatic carbocycles. The molecule has 1 heterocycles. The molecule has 4 rings (SSSR count). The van der Waals surface area contributed by atoms with Gasteiger partial charge in [0.1, 0.15) is 0 Å². The van der Waals surface area contributed by atoms with Crippen molar-refractivity contribution in [3.8, 4) is 11.1 Å². The van der Waals surface area contributed by atoms with E-state index in [9.17, 15) is 0 Å². The average Bonchev–Trinajstić information content (AvgIpc) is 2.93. The first-order chi connectivity index (χ1) is 10.7. The number of rotatable bonds is 1. The summed E-state index contributed by atoms with van der Waals surface area (Å²) in [6.45, 7) is 2.09. The van der Waals surface area contributed by atoms with Gasteiger partial charge in [-0.15, -0.1) is 11.3 Å². The van der Waals surface area contributed by atoms with Gasteiger partial charge in [0.15, 0.2) is 0 Å². The number of fused-ring (bicyclic) bond motifs is 3. The molecular formula is C19H14S. The highest BCUT2D eigenvalue weighted by atomic mass is 32.1. The van der Waals surface area contributed by atoms with E-state index < -0.39 is 0 Å². The Morgan fingerprint density at radius 3 is 2.55 bits per heavy atom. The second-order valence-electron chi connectivity index (χ2n) is 4.95. The first-order valence-corrected chi connectivity index (χ1v) is 7.46. The van der Waals surface area contributed by atoms with Crippen molar-refractivity contribution in [3.63, 3.8) is 0 Å². The minimum atomic E-state index is 0.502. The van der Waals surface area contributed by atoms with E-state index in [1.165, 1.54) is 5.56 Å². The molecule has 0 aliphatic rings. The van der Waals surface area contributed by atoms with Gasteiger partial charge in [-0.2, -0.15) is 0 Å². The van der Waals surface area contributed by atoms with Crippen molar-refractivity contribution in [1.82, 2.24) is 0 Å². The Bertz CT molecular complexity index is 1000. The van der Waals surface area contributed by atoms with Crippen LogP contribution in [-0.2, 0) is 0 Å². The SMILES string of the molecule is [2H]c1cccc2sc3c(C)cc(-c4ccccc4)c([2H])c3c12. The smallest absolute Gasteiger partial charge is 0.0636 e. The Balaban J connectivity index is 2.19. The van der Waals surface area contributed by atoms with Crippen molar-refractivity contribution in [1.29, 1.82) is 0 Å². The van der Waals surface area contributed by atoms with Gasteiger partial charge in [-0.3, -0.25) is 0 Å². The van der Waals surface area contributed by atoms with E-state index in [-0.39, 0.29) is 0 Å². The average molecular weight is 276 g/mol. The summed E-state index contributed by atoms with van der Waals surface area (Å²) >= 11 is 1.68. The Kier molecular flexibility index (Phi) is 2.17. The highest BCUT2D eigenvalue weighted by molar-refractivity contribution is 7.26. The first kappa shape index (κ1) is 9.73. The van der Waals surface area contributed by atoms with E-state index in [0.717, 1.165) is 31.3 Å². The molecule has 0 fully saturated rings. The number of aryl methyl sites for hydroxylation is 1. The van der Waals surface area contributed by atoms with E-state index in [0.29, 0.717) is 12.1 Å². The van der Waals surface area contributed by atoms with Crippen molar-refractivity contribution >= 4 is 31.5 Å². The van der Waals surface area contributed by atoms with Gasteiger partial charge >= 0.3 is 0 Å². The molecule has 0 aliphatic carbocycles. The van der Waals surface area contributed by atoms with Crippen LogP contribution in [0, 0.1) is 6.92 Å². The molecule has 0 atom stereocenters. The van der Waals surface area contributed by atoms with Crippen LogP contribution in [0.5, 0.6) is 0 Å². The van der Waals surface area contributed by atoms with Gasteiger partial charge < -0.3 is 0 Å². The van der Waals surface area contributed by atoms with Crippen LogP contribution in [0.15, 0.2) is 66.7 Å². The lowest BCUT2D eigenvalue weighted by Crippen LogP contribution is -1.80. The van der Waals surface area contributed by atoms with E-state index in [4.69, 9.17) is 2.74 Å². The summed E-state index contributed by atoms with van der Waals surface area (Å²) in [5.74, 6) is 0. The van der Waals surface area contributed by atoms with Crippen molar-refractivity contribution in [2.75, 3.05) is 0 Å². The molecular weight excluding hydrogens is 260 g/mol. The van der Waals surface area contributed by atoms with E-state index in [2.05, 4.69) is 13.0 Å². The maximum absolute atomic E-state index is 8.69. The van der Waals surface area contributed by atoms with Crippen LogP contribution in [0.2, 0.25) is 0 Å². The number of hydrogen-bond acceptors (Lipinski definition) is 1. The lowest BCUT2D eigenvalue weighted by molar-refractivity contribution is 1.54. The minimum Gasteiger partial charge on any atom is -0.135 e. The second kappa shape index (κ2) is 4.46. The minimum absolute atomic E-state index is 0.502. The van der Waals surface area contributed by atoms with Crippen LogP contribution >= 0.6 is 11.3 Å². The molecule has 0 bridgehead atoms. The molecule has 1 aromatic heterocycles. The molecule has 0 saturated heterocycles. The zero-order valence-electron chi connectivity index (χ0n) is 13.1. The first-order valence-electron chi connectivity index (χ1n) is 7.64. The third-order valence-corrected chi connectivity index (χ3v) is 4.86. The monoisotopic (exact) mass is 276 g/mol. The summed E-state index contributed by atoms with van der Waals surface area (Å²) in [5, 5.41) is 1.83. The second-order valence-corrected chi connectivity index (χ2v) is 6.00. The summed E-state index contributed by atoms with van der Waals surface area (Å²) in [6.07, 6.45) is 0. The Labute approximate surface area is 125 Å². The van der Waals surface area contributed by atoms with Crippen LogP contribution in [0.1, 0.15) is 8.30 Å². The molecule has 96 valence electrons. The molecule has 0 radical (unpaired) electrons. The standard InChI is InChI=1S/C19H14S/c1-13-11-15(14-7-3-2-4-8-14)12-17-16-9-5-6-10-18(16)20-19(13)17/h2-12H,1H3/i9D,12D. The van der Waals surface area contributed by atoms with Crippen LogP contribution in [-0.4, -0.2) is 0 Å². The maximum Gasteiger partial charge on any atom is 0.0636 e. The highest BCUT2D eigenvalue weighted by Crippen LogP contribution is 2.38. The summed E-state index contributed by atoms with van der Waals surface area (Å²) < 4.78 is 19.1. The van der Waals surface area contributed by atoms with Crippen LogP contribution in [0.25, 0.3) is 31.3 Å². The largest absolute Gasteiger partial charge is 0.135 e. The fourth-order valence-corrected chi connectivity index (χ4v) is 3.70. The third-order valence-electron chi connectivity index (χ3n) is 3.57. The van der Waals surface area contributed by atoms with Gasteiger partial charge in [-0.05, 0) is 41.8 Å². The predicted octanol–water partition coefficient (Wildman–Crippen LogP) is 6.03. The topological polar surface area (TPSA) is 0 Å². The zero-order valence-corrected chi connectivity index (χ0v) is 11.9. The summed E-state index contributed by atoms with van der Waals surface area (Å²) in [7, 11) is 0. The van der Waals surface area contributed by atoms with Crippen LogP contribution < -0.4 is 0 Å². The van der Waals surface area contributed by atoms with E-state index in [1.54, 1.807) is 17.4 Å². The molecule has 0 aliphatic heterocycles. The van der Waals surface area contributed by atoms with Crippen molar-refractivity contribution < 1.29 is 2.74 Å².